The quantitative estimate of drug-likeness (QED) is 0.813. The Morgan fingerprint density at radius 1 is 1.33 bits per heavy atom. The molecule has 0 aliphatic carbocycles. The molecule has 3 N–H and O–H groups in total. The van der Waals surface area contributed by atoms with E-state index >= 15 is 0 Å². The normalized spacial score (nSPS) is 11.6. The Bertz CT molecular complexity index is 505. The third-order valence-electron chi connectivity index (χ3n) is 3.28. The van der Waals surface area contributed by atoms with Gasteiger partial charge in [0.1, 0.15) is 0 Å². The summed E-state index contributed by atoms with van der Waals surface area (Å²) in [6, 6.07) is 3.73. The van der Waals surface area contributed by atoms with Crippen molar-refractivity contribution < 1.29 is 9.53 Å². The standard InChI is InChI=1S/C16H27N3O2/c1-16(2,3)11-9-12(14(21-6)13(17)10-11)15(20)18-7-8-19(4)5/h9-10H,7-8,17H2,1-6H3,(H,18,20). The minimum atomic E-state index is -0.161. The second kappa shape index (κ2) is 6.80. The minimum absolute atomic E-state index is 0.0843. The maximum absolute atomic E-state index is 12.4. The van der Waals surface area contributed by atoms with E-state index < -0.39 is 0 Å². The van der Waals surface area contributed by atoms with E-state index in [0.717, 1.165) is 12.1 Å². The molecule has 0 aliphatic rings. The molecule has 0 saturated carbocycles. The molecule has 0 aromatic heterocycles. The molecular weight excluding hydrogens is 266 g/mol. The number of benzene rings is 1. The Balaban J connectivity index is 3.08. The van der Waals surface area contributed by atoms with E-state index in [1.54, 1.807) is 0 Å². The van der Waals surface area contributed by atoms with E-state index in [4.69, 9.17) is 10.5 Å². The van der Waals surface area contributed by atoms with Crippen molar-refractivity contribution in [2.75, 3.05) is 40.0 Å². The number of anilines is 1. The van der Waals surface area contributed by atoms with Crippen LogP contribution in [0.1, 0.15) is 36.7 Å². The summed E-state index contributed by atoms with van der Waals surface area (Å²) in [5, 5.41) is 2.89. The van der Waals surface area contributed by atoms with Crippen LogP contribution in [0.25, 0.3) is 0 Å². The van der Waals surface area contributed by atoms with E-state index in [0.29, 0.717) is 23.5 Å². The van der Waals surface area contributed by atoms with Crippen LogP contribution >= 0.6 is 0 Å². The van der Waals surface area contributed by atoms with Crippen LogP contribution in [0.15, 0.2) is 12.1 Å². The first-order valence-corrected chi connectivity index (χ1v) is 7.07. The lowest BCUT2D eigenvalue weighted by atomic mass is 9.85. The Labute approximate surface area is 127 Å². The van der Waals surface area contributed by atoms with Crippen molar-refractivity contribution in [1.82, 2.24) is 10.2 Å². The van der Waals surface area contributed by atoms with E-state index in [9.17, 15) is 4.79 Å². The summed E-state index contributed by atoms with van der Waals surface area (Å²) >= 11 is 0. The van der Waals surface area contributed by atoms with Gasteiger partial charge >= 0.3 is 0 Å². The van der Waals surface area contributed by atoms with Crippen molar-refractivity contribution in [3.8, 4) is 5.75 Å². The first-order chi connectivity index (χ1) is 9.66. The van der Waals surface area contributed by atoms with Gasteiger partial charge in [-0.05, 0) is 37.2 Å². The van der Waals surface area contributed by atoms with E-state index in [2.05, 4.69) is 26.1 Å². The number of likely N-dealkylation sites (N-methyl/N-ethyl adjacent to an activating group) is 1. The summed E-state index contributed by atoms with van der Waals surface area (Å²) in [6.45, 7) is 7.61. The second-order valence-electron chi connectivity index (χ2n) is 6.46. The number of carbonyl (C=O) groups excluding carboxylic acids is 1. The number of nitrogens with one attached hydrogen (secondary N) is 1. The van der Waals surface area contributed by atoms with Gasteiger partial charge in [-0.3, -0.25) is 4.79 Å². The fourth-order valence-corrected chi connectivity index (χ4v) is 1.97. The molecule has 0 saturated heterocycles. The molecule has 1 aromatic rings. The molecule has 0 atom stereocenters. The maximum Gasteiger partial charge on any atom is 0.255 e. The molecule has 5 heteroatoms. The highest BCUT2D eigenvalue weighted by molar-refractivity contribution is 5.99. The van der Waals surface area contributed by atoms with Gasteiger partial charge < -0.3 is 20.7 Å². The number of rotatable bonds is 5. The van der Waals surface area contributed by atoms with Crippen molar-refractivity contribution in [3.05, 3.63) is 23.3 Å². The fourth-order valence-electron chi connectivity index (χ4n) is 1.97. The molecule has 0 heterocycles. The summed E-state index contributed by atoms with van der Waals surface area (Å²) in [5.41, 5.74) is 7.93. The van der Waals surface area contributed by atoms with Crippen LogP contribution in [0.2, 0.25) is 0 Å². The smallest absolute Gasteiger partial charge is 0.255 e. The Morgan fingerprint density at radius 3 is 2.43 bits per heavy atom. The molecule has 0 unspecified atom stereocenters. The van der Waals surface area contributed by atoms with Gasteiger partial charge in [-0.15, -0.1) is 0 Å². The largest absolute Gasteiger partial charge is 0.494 e. The third kappa shape index (κ3) is 4.63. The summed E-state index contributed by atoms with van der Waals surface area (Å²) in [7, 11) is 5.45. The molecule has 118 valence electrons. The average Bonchev–Trinajstić information content (AvgIpc) is 2.36. The number of methoxy groups -OCH3 is 1. The van der Waals surface area contributed by atoms with Crippen molar-refractivity contribution in [2.45, 2.75) is 26.2 Å². The van der Waals surface area contributed by atoms with Gasteiger partial charge in [0.05, 0.1) is 18.4 Å². The van der Waals surface area contributed by atoms with E-state index in [-0.39, 0.29) is 11.3 Å². The Hall–Kier alpha value is -1.75. The maximum atomic E-state index is 12.4. The zero-order valence-corrected chi connectivity index (χ0v) is 13.9. The van der Waals surface area contributed by atoms with Gasteiger partial charge in [-0.1, -0.05) is 20.8 Å². The number of nitrogen functional groups attached to an aromatic ring is 1. The molecule has 1 aromatic carbocycles. The molecule has 1 amide bonds. The summed E-state index contributed by atoms with van der Waals surface area (Å²) in [6.07, 6.45) is 0. The zero-order valence-electron chi connectivity index (χ0n) is 13.9. The van der Waals surface area contributed by atoms with Gasteiger partial charge in [-0.2, -0.15) is 0 Å². The highest BCUT2D eigenvalue weighted by atomic mass is 16.5. The van der Waals surface area contributed by atoms with Crippen molar-refractivity contribution >= 4 is 11.6 Å². The lowest BCUT2D eigenvalue weighted by molar-refractivity contribution is 0.0948. The highest BCUT2D eigenvalue weighted by Crippen LogP contribution is 2.33. The molecule has 0 fully saturated rings. The summed E-state index contributed by atoms with van der Waals surface area (Å²) in [5.74, 6) is 0.275. The lowest BCUT2D eigenvalue weighted by Gasteiger charge is -2.22. The van der Waals surface area contributed by atoms with Crippen LogP contribution < -0.4 is 15.8 Å². The number of carbonyl (C=O) groups is 1. The number of ether oxygens (including phenoxy) is 1. The van der Waals surface area contributed by atoms with Crippen LogP contribution in [0, 0.1) is 0 Å². The number of nitrogens with zero attached hydrogens (tertiary/aromatic N) is 1. The van der Waals surface area contributed by atoms with E-state index in [1.807, 2.05) is 31.1 Å². The Morgan fingerprint density at radius 2 is 1.95 bits per heavy atom. The van der Waals surface area contributed by atoms with Gasteiger partial charge in [-0.25, -0.2) is 0 Å². The van der Waals surface area contributed by atoms with Crippen molar-refractivity contribution in [2.24, 2.45) is 0 Å². The molecular formula is C16H27N3O2. The predicted molar refractivity (Wildman–Crippen MR) is 87.0 cm³/mol. The van der Waals surface area contributed by atoms with Crippen LogP contribution in [0.4, 0.5) is 5.69 Å². The number of hydrogen-bond donors (Lipinski definition) is 2. The topological polar surface area (TPSA) is 67.6 Å². The van der Waals surface area contributed by atoms with Gasteiger partial charge in [0.15, 0.2) is 5.75 Å². The Kier molecular flexibility index (Phi) is 5.61. The third-order valence-corrected chi connectivity index (χ3v) is 3.28. The SMILES string of the molecule is COc1c(N)cc(C(C)(C)C)cc1C(=O)NCCN(C)C. The molecule has 0 bridgehead atoms. The minimum Gasteiger partial charge on any atom is -0.494 e. The predicted octanol–water partition coefficient (Wildman–Crippen LogP) is 1.87. The molecule has 5 nitrogen and oxygen atoms in total. The molecule has 21 heavy (non-hydrogen) atoms. The summed E-state index contributed by atoms with van der Waals surface area (Å²) < 4.78 is 5.30. The monoisotopic (exact) mass is 293 g/mol. The van der Waals surface area contributed by atoms with Crippen LogP contribution in [-0.2, 0) is 5.41 Å². The zero-order chi connectivity index (χ0) is 16.2. The first-order valence-electron chi connectivity index (χ1n) is 7.07. The van der Waals surface area contributed by atoms with Crippen LogP contribution in [0.5, 0.6) is 5.75 Å². The first kappa shape index (κ1) is 17.3. The number of hydrogen-bond acceptors (Lipinski definition) is 4. The number of amides is 1. The highest BCUT2D eigenvalue weighted by Gasteiger charge is 2.21. The molecule has 0 aliphatic heterocycles. The second-order valence-corrected chi connectivity index (χ2v) is 6.46. The van der Waals surface area contributed by atoms with Gasteiger partial charge in [0, 0.05) is 13.1 Å². The molecule has 0 radical (unpaired) electrons. The molecule has 1 rings (SSSR count). The lowest BCUT2D eigenvalue weighted by Crippen LogP contribution is -2.32. The molecule has 0 spiro atoms. The van der Waals surface area contributed by atoms with Crippen molar-refractivity contribution in [1.29, 1.82) is 0 Å². The fraction of sp³-hybridized carbons (Fsp3) is 0.562. The van der Waals surface area contributed by atoms with Gasteiger partial charge in [0.25, 0.3) is 5.91 Å². The van der Waals surface area contributed by atoms with E-state index in [1.165, 1.54) is 7.11 Å². The van der Waals surface area contributed by atoms with Crippen LogP contribution in [-0.4, -0.2) is 45.1 Å². The average molecular weight is 293 g/mol. The van der Waals surface area contributed by atoms with Crippen molar-refractivity contribution in [3.63, 3.8) is 0 Å². The van der Waals surface area contributed by atoms with Crippen LogP contribution in [0.3, 0.4) is 0 Å². The van der Waals surface area contributed by atoms with Gasteiger partial charge in [0.2, 0.25) is 0 Å². The number of nitrogens with two attached hydrogens (primary N) is 1. The summed E-state index contributed by atoms with van der Waals surface area (Å²) in [4.78, 5) is 14.4.